The summed E-state index contributed by atoms with van der Waals surface area (Å²) in [5, 5.41) is 35.9. The summed E-state index contributed by atoms with van der Waals surface area (Å²) in [7, 11) is 0. The zero-order valence-corrected chi connectivity index (χ0v) is 25.3. The van der Waals surface area contributed by atoms with Gasteiger partial charge in [-0.05, 0) is 23.7 Å². The molecule has 0 amide bonds. The Morgan fingerprint density at radius 3 is 0.829 bits per heavy atom. The Bertz CT molecular complexity index is 521. The van der Waals surface area contributed by atoms with E-state index in [-0.39, 0.29) is 19.5 Å². The van der Waals surface area contributed by atoms with E-state index in [1.54, 1.807) is 0 Å². The van der Waals surface area contributed by atoms with Gasteiger partial charge in [0.25, 0.3) is 0 Å². The minimum Gasteiger partial charge on any atom is -0.753 e. The second-order valence-corrected chi connectivity index (χ2v) is 11.0. The van der Waals surface area contributed by atoms with Gasteiger partial charge in [-0.1, -0.05) is 103 Å². The molecule has 8 atom stereocenters. The van der Waals surface area contributed by atoms with E-state index in [2.05, 4.69) is 52.1 Å². The predicted octanol–water partition coefficient (Wildman–Crippen LogP) is 7.98. The molecule has 0 aliphatic carbocycles. The summed E-state index contributed by atoms with van der Waals surface area (Å²) >= 11 is 7.40. The van der Waals surface area contributed by atoms with E-state index >= 15 is 0 Å². The summed E-state index contributed by atoms with van der Waals surface area (Å²) in [4.78, 5) is 0. The van der Waals surface area contributed by atoms with E-state index in [0.717, 1.165) is 49.9 Å². The fourth-order valence-corrected chi connectivity index (χ4v) is 5.38. The summed E-state index contributed by atoms with van der Waals surface area (Å²) in [5.41, 5.74) is 0. The first-order valence-electron chi connectivity index (χ1n) is 13.0. The maximum Gasteiger partial charge on any atom is 6.00 e. The Morgan fingerprint density at radius 2 is 0.686 bits per heavy atom. The molecule has 4 aliphatic heterocycles. The zero-order valence-electron chi connectivity index (χ0n) is 22.0. The van der Waals surface area contributed by atoms with Crippen LogP contribution in [0.3, 0.4) is 0 Å². The molecule has 4 aliphatic rings. The van der Waals surface area contributed by atoms with E-state index in [1.165, 1.54) is 61.7 Å². The van der Waals surface area contributed by atoms with Gasteiger partial charge in [-0.25, -0.2) is 0 Å². The first-order chi connectivity index (χ1) is 16.3. The normalized spacial score (nSPS) is 36.5. The SMILES string of the molecule is CC1CC[N-]C(C2CC(C)CC[N-]2)C1.CC1CC[N-]C(C2CC(C)CC[N-]2)C1.[N-]=C=S.[N-]=C=S.[Ru+6]. The number of hydrogen-bond acceptors (Lipinski definition) is 2. The summed E-state index contributed by atoms with van der Waals surface area (Å²) in [6.07, 6.45) is 10.3. The van der Waals surface area contributed by atoms with Gasteiger partial charge in [-0.15, -0.1) is 26.2 Å². The summed E-state index contributed by atoms with van der Waals surface area (Å²) < 4.78 is 0. The van der Waals surface area contributed by atoms with Crippen LogP contribution in [0, 0.1) is 23.7 Å². The van der Waals surface area contributed by atoms with Gasteiger partial charge < -0.3 is 32.1 Å². The largest absolute Gasteiger partial charge is 6.00 e. The fraction of sp³-hybridized carbons (Fsp3) is 0.923. The number of nitrogens with zero attached hydrogens (tertiary/aromatic N) is 6. The van der Waals surface area contributed by atoms with Crippen molar-refractivity contribution >= 4 is 34.8 Å². The molecule has 0 N–H and O–H groups in total. The molecule has 4 saturated heterocycles. The number of piperidine rings is 4. The Labute approximate surface area is 238 Å². The molecule has 0 spiro atoms. The molecule has 8 unspecified atom stereocenters. The Hall–Kier alpha value is 0.0634. The monoisotopic (exact) mass is 606 g/mol. The van der Waals surface area contributed by atoms with Crippen molar-refractivity contribution in [2.24, 2.45) is 23.7 Å². The molecule has 0 saturated carbocycles. The molecular weight excluding hydrogens is 562 g/mol. The molecule has 0 radical (unpaired) electrons. The van der Waals surface area contributed by atoms with Gasteiger partial charge in [0.2, 0.25) is 0 Å². The predicted molar refractivity (Wildman–Crippen MR) is 154 cm³/mol. The van der Waals surface area contributed by atoms with Crippen molar-refractivity contribution in [1.82, 2.24) is 0 Å². The standard InChI is InChI=1S/2C12H22N2.2CNS.Ru/c2*1-9-3-5-13-11(7-9)12-8-10(2)4-6-14-12;2*2-1-3;/h2*9-12H,3-8H2,1-2H3;;;/q2*-2;2*-1;+6. The van der Waals surface area contributed by atoms with E-state index < -0.39 is 0 Å². The van der Waals surface area contributed by atoms with Crippen molar-refractivity contribution in [2.45, 2.75) is 103 Å². The van der Waals surface area contributed by atoms with Crippen LogP contribution < -0.4 is 0 Å². The van der Waals surface area contributed by atoms with Gasteiger partial charge in [0, 0.05) is 0 Å². The Morgan fingerprint density at radius 1 is 0.514 bits per heavy atom. The van der Waals surface area contributed by atoms with E-state index in [0.29, 0.717) is 24.2 Å². The van der Waals surface area contributed by atoms with Crippen molar-refractivity contribution in [1.29, 1.82) is 0 Å². The quantitative estimate of drug-likeness (QED) is 0.181. The smallest absolute Gasteiger partial charge is 0.753 e. The van der Waals surface area contributed by atoms with Crippen LogP contribution in [0.1, 0.15) is 79.1 Å². The molecular formula is C26H44N6RuS2. The molecule has 4 heterocycles. The van der Waals surface area contributed by atoms with Gasteiger partial charge in [-0.2, -0.15) is 34.5 Å². The molecule has 4 fully saturated rings. The van der Waals surface area contributed by atoms with E-state index in [9.17, 15) is 0 Å². The van der Waals surface area contributed by atoms with Crippen LogP contribution in [0.4, 0.5) is 0 Å². The average molecular weight is 606 g/mol. The number of isothiocyanates is 2. The van der Waals surface area contributed by atoms with Gasteiger partial charge in [-0.3, -0.25) is 0 Å². The Kier molecular flexibility index (Phi) is 21.1. The number of thiocarbonyl (C=S) groups is 2. The second-order valence-electron chi connectivity index (χ2n) is 10.6. The van der Waals surface area contributed by atoms with Crippen LogP contribution in [-0.2, 0) is 19.5 Å². The topological polar surface area (TPSA) is 101 Å². The number of rotatable bonds is 2. The van der Waals surface area contributed by atoms with Crippen LogP contribution in [0.5, 0.6) is 0 Å². The third-order valence-electron chi connectivity index (χ3n) is 7.41. The molecule has 0 aromatic rings. The van der Waals surface area contributed by atoms with Gasteiger partial charge in [0.05, 0.1) is 0 Å². The molecule has 0 bridgehead atoms. The minimum absolute atomic E-state index is 0. The van der Waals surface area contributed by atoms with Gasteiger partial charge >= 0.3 is 19.5 Å². The molecule has 0 aromatic heterocycles. The van der Waals surface area contributed by atoms with Crippen molar-refractivity contribution < 1.29 is 19.5 Å². The van der Waals surface area contributed by atoms with Crippen LogP contribution in [0.2, 0.25) is 0 Å². The van der Waals surface area contributed by atoms with Crippen molar-refractivity contribution in [3.05, 3.63) is 32.1 Å². The maximum atomic E-state index is 7.13. The van der Waals surface area contributed by atoms with Crippen LogP contribution >= 0.6 is 24.4 Å². The van der Waals surface area contributed by atoms with Crippen molar-refractivity contribution in [2.75, 3.05) is 26.2 Å². The minimum atomic E-state index is 0. The van der Waals surface area contributed by atoms with Crippen LogP contribution in [0.25, 0.3) is 32.1 Å². The average Bonchev–Trinajstić information content (AvgIpc) is 2.81. The molecule has 35 heavy (non-hydrogen) atoms. The molecule has 198 valence electrons. The van der Waals surface area contributed by atoms with Crippen LogP contribution in [-0.4, -0.2) is 60.7 Å². The van der Waals surface area contributed by atoms with E-state index in [4.69, 9.17) is 32.1 Å². The Balaban J connectivity index is 0.000000528. The summed E-state index contributed by atoms with van der Waals surface area (Å²) in [6, 6.07) is 2.23. The summed E-state index contributed by atoms with van der Waals surface area (Å²) in [6.45, 7) is 13.7. The first-order valence-corrected chi connectivity index (χ1v) is 13.8. The second kappa shape index (κ2) is 21.0. The first kappa shape index (κ1) is 35.1. The molecule has 0 aromatic carbocycles. The third-order valence-corrected chi connectivity index (χ3v) is 7.41. The van der Waals surface area contributed by atoms with Gasteiger partial charge in [0.1, 0.15) is 0 Å². The van der Waals surface area contributed by atoms with Gasteiger partial charge in [0.15, 0.2) is 0 Å². The maximum absolute atomic E-state index is 7.13. The fourth-order valence-electron chi connectivity index (χ4n) is 5.38. The van der Waals surface area contributed by atoms with Crippen molar-refractivity contribution in [3.63, 3.8) is 0 Å². The molecule has 9 heteroatoms. The molecule has 6 nitrogen and oxygen atoms in total. The van der Waals surface area contributed by atoms with Crippen molar-refractivity contribution in [3.8, 4) is 0 Å². The summed E-state index contributed by atoms with van der Waals surface area (Å²) in [5.74, 6) is 3.46. The van der Waals surface area contributed by atoms with E-state index in [1.807, 2.05) is 0 Å². The molecule has 4 rings (SSSR count). The zero-order chi connectivity index (χ0) is 25.3. The third kappa shape index (κ3) is 15.2. The number of hydrogen-bond donors (Lipinski definition) is 0. The van der Waals surface area contributed by atoms with Crippen LogP contribution in [0.15, 0.2) is 0 Å².